The van der Waals surface area contributed by atoms with Gasteiger partial charge in [0.2, 0.25) is 0 Å². The molecule has 3 heteroatoms. The molecule has 146 valence electrons. The highest BCUT2D eigenvalue weighted by Crippen LogP contribution is 2.37. The molecule has 29 heavy (non-hydrogen) atoms. The van der Waals surface area contributed by atoms with Gasteiger partial charge in [0.05, 0.1) is 5.70 Å². The number of fused-ring (bicyclic) bond motifs is 1. The van der Waals surface area contributed by atoms with E-state index in [1.165, 1.54) is 44.4 Å². The van der Waals surface area contributed by atoms with E-state index in [0.29, 0.717) is 6.85 Å². The van der Waals surface area contributed by atoms with E-state index in [2.05, 4.69) is 100 Å². The van der Waals surface area contributed by atoms with Crippen LogP contribution in [0.2, 0.25) is 13.6 Å². The predicted octanol–water partition coefficient (Wildman–Crippen LogP) is 7.26. The van der Waals surface area contributed by atoms with Gasteiger partial charge >= 0.3 is 0 Å². The molecule has 0 N–H and O–H groups in total. The van der Waals surface area contributed by atoms with E-state index in [0.717, 1.165) is 17.8 Å². The number of rotatable bonds is 4. The Hall–Kier alpha value is -2.81. The van der Waals surface area contributed by atoms with Crippen molar-refractivity contribution in [3.8, 4) is 11.3 Å². The predicted molar refractivity (Wildman–Crippen MR) is 129 cm³/mol. The summed E-state index contributed by atoms with van der Waals surface area (Å²) in [6.07, 6.45) is 3.32. The SMILES string of the molecule is CCC1=C(C)/C(=C/c2c3ccccc3c(-c3ccc(C)cc3)n2B(C)C)N=C1C. The van der Waals surface area contributed by atoms with Crippen molar-refractivity contribution in [2.45, 2.75) is 47.8 Å². The maximum atomic E-state index is 4.91. The molecule has 0 bridgehead atoms. The number of hydrogen-bond donors (Lipinski definition) is 0. The fourth-order valence-corrected chi connectivity index (χ4v) is 4.53. The zero-order valence-electron chi connectivity index (χ0n) is 18.4. The molecule has 2 nitrogen and oxygen atoms in total. The molecule has 2 aromatic carbocycles. The third-order valence-electron chi connectivity index (χ3n) is 5.99. The molecule has 0 unspecified atom stereocenters. The van der Waals surface area contributed by atoms with Crippen LogP contribution in [-0.4, -0.2) is 17.0 Å². The second-order valence-electron chi connectivity index (χ2n) is 8.29. The smallest absolute Gasteiger partial charge is 0.254 e. The van der Waals surface area contributed by atoms with Crippen LogP contribution in [0.15, 0.2) is 70.4 Å². The number of hydrogen-bond acceptors (Lipinski definition) is 1. The van der Waals surface area contributed by atoms with Crippen molar-refractivity contribution >= 4 is 29.4 Å². The zero-order valence-corrected chi connectivity index (χ0v) is 18.4. The normalized spacial score (nSPS) is 15.5. The lowest BCUT2D eigenvalue weighted by molar-refractivity contribution is 1.14. The second-order valence-corrected chi connectivity index (χ2v) is 8.29. The minimum Gasteiger partial charge on any atom is -0.386 e. The first-order valence-electron chi connectivity index (χ1n) is 10.6. The molecule has 1 aliphatic rings. The molecule has 0 aliphatic carbocycles. The van der Waals surface area contributed by atoms with Crippen molar-refractivity contribution in [2.75, 3.05) is 0 Å². The van der Waals surface area contributed by atoms with Crippen LogP contribution in [0.25, 0.3) is 28.1 Å². The van der Waals surface area contributed by atoms with Crippen molar-refractivity contribution in [3.05, 3.63) is 76.6 Å². The molecule has 0 amide bonds. The Morgan fingerprint density at radius 2 is 1.59 bits per heavy atom. The average molecular weight is 380 g/mol. The van der Waals surface area contributed by atoms with Crippen LogP contribution in [0.5, 0.6) is 0 Å². The number of allylic oxidation sites excluding steroid dienone is 2. The molecule has 1 aromatic heterocycles. The van der Waals surface area contributed by atoms with Gasteiger partial charge in [0, 0.05) is 27.9 Å². The monoisotopic (exact) mass is 380 g/mol. The Labute approximate surface area is 174 Å². The first kappa shape index (κ1) is 19.5. The van der Waals surface area contributed by atoms with E-state index in [9.17, 15) is 0 Å². The Morgan fingerprint density at radius 1 is 0.931 bits per heavy atom. The minimum atomic E-state index is 0.340. The van der Waals surface area contributed by atoms with E-state index in [-0.39, 0.29) is 0 Å². The summed E-state index contributed by atoms with van der Waals surface area (Å²) < 4.78 is 2.48. The molecule has 0 radical (unpaired) electrons. The maximum Gasteiger partial charge on any atom is 0.254 e. The van der Waals surface area contributed by atoms with Gasteiger partial charge in [0.25, 0.3) is 6.85 Å². The van der Waals surface area contributed by atoms with Gasteiger partial charge in [0.15, 0.2) is 0 Å². The van der Waals surface area contributed by atoms with E-state index in [1.807, 2.05) is 0 Å². The average Bonchev–Trinajstić information content (AvgIpc) is 3.17. The van der Waals surface area contributed by atoms with Gasteiger partial charge in [-0.1, -0.05) is 74.7 Å². The number of benzene rings is 2. The van der Waals surface area contributed by atoms with Gasteiger partial charge in [-0.25, -0.2) is 0 Å². The van der Waals surface area contributed by atoms with Crippen LogP contribution in [0.4, 0.5) is 0 Å². The summed E-state index contributed by atoms with van der Waals surface area (Å²) in [6, 6.07) is 17.6. The fraction of sp³-hybridized carbons (Fsp3) is 0.269. The molecule has 3 aromatic rings. The van der Waals surface area contributed by atoms with Gasteiger partial charge in [0.1, 0.15) is 0 Å². The van der Waals surface area contributed by atoms with E-state index in [4.69, 9.17) is 4.99 Å². The van der Waals surface area contributed by atoms with Gasteiger partial charge < -0.3 is 4.48 Å². The molecular formula is C26H29BN2. The zero-order chi connectivity index (χ0) is 20.7. The minimum absolute atomic E-state index is 0.340. The summed E-state index contributed by atoms with van der Waals surface area (Å²) in [6.45, 7) is 13.6. The van der Waals surface area contributed by atoms with Crippen LogP contribution in [0.1, 0.15) is 38.4 Å². The van der Waals surface area contributed by atoms with Crippen LogP contribution < -0.4 is 0 Å². The highest BCUT2D eigenvalue weighted by molar-refractivity contribution is 6.55. The summed E-state index contributed by atoms with van der Waals surface area (Å²) in [7, 11) is 0. The molecule has 1 aliphatic heterocycles. The Balaban J connectivity index is 2.03. The van der Waals surface area contributed by atoms with Gasteiger partial charge in [-0.05, 0) is 50.0 Å². The van der Waals surface area contributed by atoms with E-state index < -0.39 is 0 Å². The van der Waals surface area contributed by atoms with Crippen molar-refractivity contribution < 1.29 is 0 Å². The molecule has 0 saturated heterocycles. The van der Waals surface area contributed by atoms with Crippen molar-refractivity contribution in [3.63, 3.8) is 0 Å². The van der Waals surface area contributed by atoms with Crippen LogP contribution in [0.3, 0.4) is 0 Å². The Morgan fingerprint density at radius 3 is 2.17 bits per heavy atom. The topological polar surface area (TPSA) is 17.3 Å². The third-order valence-corrected chi connectivity index (χ3v) is 5.99. The number of aryl methyl sites for hydroxylation is 1. The van der Waals surface area contributed by atoms with E-state index >= 15 is 0 Å². The fourth-order valence-electron chi connectivity index (χ4n) is 4.53. The van der Waals surface area contributed by atoms with Gasteiger partial charge in [-0.2, -0.15) is 0 Å². The molecular weight excluding hydrogens is 351 g/mol. The quantitative estimate of drug-likeness (QED) is 0.424. The van der Waals surface area contributed by atoms with Crippen molar-refractivity contribution in [1.29, 1.82) is 0 Å². The summed E-state index contributed by atoms with van der Waals surface area (Å²) in [4.78, 5) is 4.91. The second kappa shape index (κ2) is 7.55. The molecule has 0 fully saturated rings. The number of nitrogens with zero attached hydrogens (tertiary/aromatic N) is 2. The maximum absolute atomic E-state index is 4.91. The van der Waals surface area contributed by atoms with Crippen molar-refractivity contribution in [2.24, 2.45) is 4.99 Å². The number of aliphatic imine (C=N–C) groups is 1. The highest BCUT2D eigenvalue weighted by atomic mass is 14.9. The van der Waals surface area contributed by atoms with E-state index in [1.54, 1.807) is 0 Å². The standard InChI is InChI=1S/C26H29BN2/c1-7-21-18(3)24(28-19(21)4)16-25-22-10-8-9-11-23(22)26(29(25)27(5)6)20-14-12-17(2)13-15-20/h8-16H,7H2,1-6H3/b24-16-. The number of aromatic nitrogens is 1. The third kappa shape index (κ3) is 3.29. The summed E-state index contributed by atoms with van der Waals surface area (Å²) in [5.41, 5.74) is 10.0. The largest absolute Gasteiger partial charge is 0.386 e. The van der Waals surface area contributed by atoms with Crippen LogP contribution in [0, 0.1) is 6.92 Å². The first-order chi connectivity index (χ1) is 13.9. The summed E-state index contributed by atoms with van der Waals surface area (Å²) in [5.74, 6) is 0. The molecule has 0 spiro atoms. The van der Waals surface area contributed by atoms with Gasteiger partial charge in [-0.15, -0.1) is 0 Å². The lowest BCUT2D eigenvalue weighted by atomic mass is 9.67. The molecule has 0 saturated carbocycles. The van der Waals surface area contributed by atoms with Gasteiger partial charge in [-0.3, -0.25) is 4.99 Å². The summed E-state index contributed by atoms with van der Waals surface area (Å²) >= 11 is 0. The highest BCUT2D eigenvalue weighted by Gasteiger charge is 2.22. The summed E-state index contributed by atoms with van der Waals surface area (Å²) in [5, 5.41) is 2.59. The molecule has 0 atom stereocenters. The first-order valence-corrected chi connectivity index (χ1v) is 10.6. The van der Waals surface area contributed by atoms with Crippen molar-refractivity contribution in [1.82, 2.24) is 4.48 Å². The van der Waals surface area contributed by atoms with Crippen LogP contribution >= 0.6 is 0 Å². The lowest BCUT2D eigenvalue weighted by Gasteiger charge is -2.15. The lowest BCUT2D eigenvalue weighted by Crippen LogP contribution is -2.18. The molecule has 4 rings (SSSR count). The van der Waals surface area contributed by atoms with Crippen LogP contribution in [-0.2, 0) is 0 Å². The molecule has 2 heterocycles. The Kier molecular flexibility index (Phi) is 5.08. The Bertz CT molecular complexity index is 1170.